The molecule has 0 aliphatic heterocycles. The van der Waals surface area contributed by atoms with E-state index in [9.17, 15) is 4.39 Å². The fraction of sp³-hybridized carbons (Fsp3) is 0. The average Bonchev–Trinajstić information content (AvgIpc) is 2.82. The third-order valence-corrected chi connectivity index (χ3v) is 6.05. The van der Waals surface area contributed by atoms with Crippen LogP contribution < -0.4 is 0 Å². The molecule has 0 aliphatic carbocycles. The van der Waals surface area contributed by atoms with Crippen LogP contribution in [0.2, 0.25) is 0 Å². The Morgan fingerprint density at radius 3 is 1.84 bits per heavy atom. The molecule has 0 radical (unpaired) electrons. The van der Waals surface area contributed by atoms with Crippen LogP contribution in [-0.2, 0) is 0 Å². The predicted molar refractivity (Wildman–Crippen MR) is 132 cm³/mol. The topological polar surface area (TPSA) is 0 Å². The summed E-state index contributed by atoms with van der Waals surface area (Å²) in [6.07, 6.45) is 4.30. The van der Waals surface area contributed by atoms with Crippen molar-refractivity contribution in [1.82, 2.24) is 0 Å². The van der Waals surface area contributed by atoms with Gasteiger partial charge >= 0.3 is 0 Å². The maximum atomic E-state index is 13.9. The molecule has 0 fully saturated rings. The lowest BCUT2D eigenvalue weighted by atomic mass is 9.92. The van der Waals surface area contributed by atoms with Gasteiger partial charge in [-0.3, -0.25) is 0 Å². The van der Waals surface area contributed by atoms with Crippen molar-refractivity contribution < 1.29 is 4.39 Å². The van der Waals surface area contributed by atoms with Crippen LogP contribution in [0.4, 0.5) is 4.39 Å². The van der Waals surface area contributed by atoms with Gasteiger partial charge < -0.3 is 0 Å². The molecule has 0 unspecified atom stereocenters. The van der Waals surface area contributed by atoms with Gasteiger partial charge in [0.15, 0.2) is 0 Å². The summed E-state index contributed by atoms with van der Waals surface area (Å²) in [7, 11) is 0. The molecule has 0 aliphatic rings. The molecule has 6 rings (SSSR count). The van der Waals surface area contributed by atoms with Gasteiger partial charge in [0, 0.05) is 0 Å². The fourth-order valence-corrected chi connectivity index (χ4v) is 4.55. The first kappa shape index (κ1) is 17.9. The molecule has 0 atom stereocenters. The van der Waals surface area contributed by atoms with Crippen LogP contribution in [0.3, 0.4) is 0 Å². The maximum Gasteiger partial charge on any atom is 0.123 e. The van der Waals surface area contributed by atoms with E-state index in [0.717, 1.165) is 16.3 Å². The summed E-state index contributed by atoms with van der Waals surface area (Å²) in [5.74, 6) is -0.203. The van der Waals surface area contributed by atoms with E-state index in [1.54, 1.807) is 12.1 Å². The van der Waals surface area contributed by atoms with Crippen molar-refractivity contribution >= 4 is 55.2 Å². The normalized spacial score (nSPS) is 11.9. The third kappa shape index (κ3) is 3.06. The lowest BCUT2D eigenvalue weighted by Gasteiger charge is -2.12. The molecule has 6 aromatic carbocycles. The van der Waals surface area contributed by atoms with Gasteiger partial charge in [-0.2, -0.15) is 0 Å². The Morgan fingerprint density at radius 1 is 0.452 bits per heavy atom. The Labute approximate surface area is 179 Å². The molecule has 0 heterocycles. The highest BCUT2D eigenvalue weighted by molar-refractivity contribution is 6.27. The average molecular weight is 398 g/mol. The first-order valence-corrected chi connectivity index (χ1v) is 10.5. The molecule has 6 aromatic rings. The number of rotatable bonds is 2. The Balaban J connectivity index is 1.67. The van der Waals surface area contributed by atoms with Gasteiger partial charge in [0.25, 0.3) is 0 Å². The molecular weight excluding hydrogens is 379 g/mol. The summed E-state index contributed by atoms with van der Waals surface area (Å²) in [5, 5.41) is 9.21. The first-order valence-electron chi connectivity index (χ1n) is 10.5. The molecule has 0 spiro atoms. The van der Waals surface area contributed by atoms with Crippen molar-refractivity contribution in [3.63, 3.8) is 0 Å². The monoisotopic (exact) mass is 398 g/mol. The zero-order valence-electron chi connectivity index (χ0n) is 16.8. The Kier molecular flexibility index (Phi) is 4.07. The van der Waals surface area contributed by atoms with Crippen LogP contribution in [0.25, 0.3) is 55.2 Å². The smallest absolute Gasteiger partial charge is 0.123 e. The number of fused-ring (bicyclic) bond motifs is 7. The second-order valence-corrected chi connectivity index (χ2v) is 7.98. The first-order chi connectivity index (χ1) is 15.3. The van der Waals surface area contributed by atoms with Gasteiger partial charge in [-0.25, -0.2) is 4.39 Å². The zero-order chi connectivity index (χ0) is 20.8. The maximum absolute atomic E-state index is 13.9. The van der Waals surface area contributed by atoms with Gasteiger partial charge in [-0.1, -0.05) is 97.1 Å². The van der Waals surface area contributed by atoms with E-state index in [4.69, 9.17) is 0 Å². The Bertz CT molecular complexity index is 1620. The van der Waals surface area contributed by atoms with Crippen molar-refractivity contribution in [3.8, 4) is 0 Å². The molecule has 0 saturated heterocycles. The minimum absolute atomic E-state index is 0.203. The number of halogens is 1. The van der Waals surface area contributed by atoms with E-state index in [2.05, 4.69) is 72.8 Å². The van der Waals surface area contributed by atoms with Crippen molar-refractivity contribution in [3.05, 3.63) is 120 Å². The highest BCUT2D eigenvalue weighted by atomic mass is 19.1. The fourth-order valence-electron chi connectivity index (χ4n) is 4.55. The van der Waals surface area contributed by atoms with Crippen LogP contribution in [0, 0.1) is 5.82 Å². The van der Waals surface area contributed by atoms with Crippen molar-refractivity contribution in [1.29, 1.82) is 0 Å². The SMILES string of the molecule is Fc1ccc2c(ccc3ccc4ccc5ccc(/C=C/c6ccccc6)cc5c4c32)c1. The molecule has 1 heteroatoms. The molecule has 31 heavy (non-hydrogen) atoms. The van der Waals surface area contributed by atoms with Crippen molar-refractivity contribution in [2.45, 2.75) is 0 Å². The van der Waals surface area contributed by atoms with Crippen molar-refractivity contribution in [2.75, 3.05) is 0 Å². The standard InChI is InChI=1S/C30H19F/c31-26-16-17-27-25(19-26)15-14-23-12-13-24-11-10-22-9-8-21(18-28(22)30(24)29(23)27)7-6-20-4-2-1-3-5-20/h1-19H/b7-6+. The number of hydrogen-bond acceptors (Lipinski definition) is 0. The van der Waals surface area contributed by atoms with E-state index in [-0.39, 0.29) is 5.82 Å². The minimum atomic E-state index is -0.203. The Morgan fingerprint density at radius 2 is 1.06 bits per heavy atom. The molecule has 0 nitrogen and oxygen atoms in total. The number of hydrogen-bond donors (Lipinski definition) is 0. The van der Waals surface area contributed by atoms with Gasteiger partial charge in [0.2, 0.25) is 0 Å². The van der Waals surface area contributed by atoms with E-state index in [1.807, 2.05) is 30.3 Å². The van der Waals surface area contributed by atoms with E-state index in [0.29, 0.717) is 0 Å². The summed E-state index contributed by atoms with van der Waals surface area (Å²) in [6, 6.07) is 34.8. The quantitative estimate of drug-likeness (QED) is 0.202. The van der Waals surface area contributed by atoms with Crippen LogP contribution in [-0.4, -0.2) is 0 Å². The third-order valence-electron chi connectivity index (χ3n) is 6.05. The van der Waals surface area contributed by atoms with Gasteiger partial charge in [-0.05, 0) is 72.4 Å². The van der Waals surface area contributed by atoms with E-state index in [1.165, 1.54) is 37.9 Å². The number of benzene rings is 6. The summed E-state index contributed by atoms with van der Waals surface area (Å²) in [4.78, 5) is 0. The van der Waals surface area contributed by atoms with Crippen LogP contribution in [0.1, 0.15) is 11.1 Å². The van der Waals surface area contributed by atoms with Gasteiger partial charge in [0.05, 0.1) is 0 Å². The lowest BCUT2D eigenvalue weighted by molar-refractivity contribution is 0.630. The van der Waals surface area contributed by atoms with Gasteiger partial charge in [-0.15, -0.1) is 0 Å². The van der Waals surface area contributed by atoms with Crippen LogP contribution in [0.5, 0.6) is 0 Å². The van der Waals surface area contributed by atoms with Crippen LogP contribution >= 0.6 is 0 Å². The molecule has 0 bridgehead atoms. The molecule has 0 N–H and O–H groups in total. The van der Waals surface area contributed by atoms with Gasteiger partial charge in [0.1, 0.15) is 5.82 Å². The lowest BCUT2D eigenvalue weighted by Crippen LogP contribution is -1.85. The summed E-state index contributed by atoms with van der Waals surface area (Å²) < 4.78 is 13.9. The largest absolute Gasteiger partial charge is 0.207 e. The van der Waals surface area contributed by atoms with E-state index >= 15 is 0 Å². The summed E-state index contributed by atoms with van der Waals surface area (Å²) in [6.45, 7) is 0. The highest BCUT2D eigenvalue weighted by Gasteiger charge is 2.10. The predicted octanol–water partition coefficient (Wildman–Crippen LogP) is 8.61. The molecule has 146 valence electrons. The molecule has 0 amide bonds. The molecular formula is C30H19F. The second-order valence-electron chi connectivity index (χ2n) is 7.98. The Hall–Kier alpha value is -3.97. The zero-order valence-corrected chi connectivity index (χ0v) is 16.8. The molecule has 0 aromatic heterocycles. The minimum Gasteiger partial charge on any atom is -0.207 e. The second kappa shape index (κ2) is 7.07. The molecule has 0 saturated carbocycles. The highest BCUT2D eigenvalue weighted by Crippen LogP contribution is 2.37. The van der Waals surface area contributed by atoms with E-state index < -0.39 is 0 Å². The summed E-state index contributed by atoms with van der Waals surface area (Å²) >= 11 is 0. The van der Waals surface area contributed by atoms with Crippen molar-refractivity contribution in [2.24, 2.45) is 0 Å². The summed E-state index contributed by atoms with van der Waals surface area (Å²) in [5.41, 5.74) is 2.34. The van der Waals surface area contributed by atoms with Crippen LogP contribution in [0.15, 0.2) is 103 Å².